The fourth-order valence-electron chi connectivity index (χ4n) is 4.47. The topological polar surface area (TPSA) is 74.4 Å². The van der Waals surface area contributed by atoms with Gasteiger partial charge in [0.25, 0.3) is 0 Å². The van der Waals surface area contributed by atoms with Crippen LogP contribution in [0.5, 0.6) is 0 Å². The Bertz CT molecular complexity index is 534. The van der Waals surface area contributed by atoms with Crippen molar-refractivity contribution in [2.45, 2.75) is 69.7 Å². The predicted molar refractivity (Wildman–Crippen MR) is 87.7 cm³/mol. The van der Waals surface area contributed by atoms with Crippen LogP contribution in [0.3, 0.4) is 0 Å². The Hall–Kier alpha value is -1.14. The van der Waals surface area contributed by atoms with Gasteiger partial charge in [-0.3, -0.25) is 9.59 Å². The van der Waals surface area contributed by atoms with Crippen LogP contribution < -0.4 is 0 Å². The molecule has 0 radical (unpaired) electrons. The molecule has 4 aliphatic rings. The fraction of sp³-hybridized carbons (Fsp3) is 0.895. The lowest BCUT2D eigenvalue weighted by atomic mass is 9.69. The average molecular weight is 352 g/mol. The standard InChI is InChI=1S/C19H28O6/c1-19-6-5-13(9-14(19)11-24-19)18(21)23-8-2-7-22-17(20)12-3-4-15-16(10-12)25-15/h12-16H,2-11H2,1H3/t12?,13?,14?,15?,16-,19+/m0/s1. The highest BCUT2D eigenvalue weighted by atomic mass is 16.6. The van der Waals surface area contributed by atoms with Crippen LogP contribution in [0.1, 0.15) is 51.9 Å². The van der Waals surface area contributed by atoms with Gasteiger partial charge in [-0.1, -0.05) is 0 Å². The molecule has 4 unspecified atom stereocenters. The van der Waals surface area contributed by atoms with Crippen LogP contribution in [0.15, 0.2) is 0 Å². The fourth-order valence-corrected chi connectivity index (χ4v) is 4.47. The van der Waals surface area contributed by atoms with Crippen molar-refractivity contribution in [1.29, 1.82) is 0 Å². The van der Waals surface area contributed by atoms with Crippen LogP contribution in [0, 0.1) is 17.8 Å². The summed E-state index contributed by atoms with van der Waals surface area (Å²) >= 11 is 0. The van der Waals surface area contributed by atoms with Gasteiger partial charge < -0.3 is 18.9 Å². The van der Waals surface area contributed by atoms with E-state index in [1.807, 2.05) is 0 Å². The first-order chi connectivity index (χ1) is 12.0. The zero-order valence-corrected chi connectivity index (χ0v) is 14.9. The van der Waals surface area contributed by atoms with Crippen LogP contribution in [-0.4, -0.2) is 49.6 Å². The lowest BCUT2D eigenvalue weighted by Crippen LogP contribution is -2.55. The normalized spacial score (nSPS) is 41.7. The second-order valence-electron chi connectivity index (χ2n) is 8.20. The molecule has 0 spiro atoms. The monoisotopic (exact) mass is 352 g/mol. The van der Waals surface area contributed by atoms with Crippen molar-refractivity contribution in [3.05, 3.63) is 0 Å². The Kier molecular flexibility index (Phi) is 4.75. The number of carbonyl (C=O) groups excluding carboxylic acids is 2. The maximum atomic E-state index is 12.2. The minimum Gasteiger partial charge on any atom is -0.465 e. The molecule has 6 heteroatoms. The van der Waals surface area contributed by atoms with E-state index in [-0.39, 0.29) is 35.5 Å². The molecule has 4 fully saturated rings. The van der Waals surface area contributed by atoms with Crippen molar-refractivity contribution >= 4 is 11.9 Å². The van der Waals surface area contributed by atoms with E-state index in [1.165, 1.54) is 0 Å². The van der Waals surface area contributed by atoms with Gasteiger partial charge in [0.15, 0.2) is 0 Å². The van der Waals surface area contributed by atoms with E-state index in [0.29, 0.717) is 31.7 Å². The highest BCUT2D eigenvalue weighted by molar-refractivity contribution is 5.73. The van der Waals surface area contributed by atoms with Crippen LogP contribution in [0.4, 0.5) is 0 Å². The summed E-state index contributed by atoms with van der Waals surface area (Å²) in [7, 11) is 0. The van der Waals surface area contributed by atoms with Crippen molar-refractivity contribution in [3.63, 3.8) is 0 Å². The molecule has 0 aromatic carbocycles. The second kappa shape index (κ2) is 6.88. The summed E-state index contributed by atoms with van der Waals surface area (Å²) in [6.07, 6.45) is 6.51. The van der Waals surface area contributed by atoms with Crippen molar-refractivity contribution in [1.82, 2.24) is 0 Å². The lowest BCUT2D eigenvalue weighted by molar-refractivity contribution is -0.220. The van der Waals surface area contributed by atoms with Crippen LogP contribution >= 0.6 is 0 Å². The van der Waals surface area contributed by atoms with Gasteiger partial charge in [0, 0.05) is 12.3 Å². The molecule has 25 heavy (non-hydrogen) atoms. The molecule has 0 amide bonds. The minimum absolute atomic E-state index is 0.00162. The molecule has 4 rings (SSSR count). The molecule has 2 heterocycles. The zero-order valence-electron chi connectivity index (χ0n) is 14.9. The van der Waals surface area contributed by atoms with Crippen LogP contribution in [-0.2, 0) is 28.5 Å². The largest absolute Gasteiger partial charge is 0.465 e. The van der Waals surface area contributed by atoms with Gasteiger partial charge in [0.05, 0.1) is 49.5 Å². The Morgan fingerprint density at radius 2 is 1.72 bits per heavy atom. The Balaban J connectivity index is 1.08. The molecular weight excluding hydrogens is 324 g/mol. The molecule has 2 saturated carbocycles. The van der Waals surface area contributed by atoms with Crippen molar-refractivity contribution < 1.29 is 28.5 Å². The van der Waals surface area contributed by atoms with Crippen molar-refractivity contribution in [3.8, 4) is 0 Å². The molecule has 0 N–H and O–H groups in total. The minimum atomic E-state index is -0.128. The smallest absolute Gasteiger partial charge is 0.309 e. The molecule has 2 aliphatic heterocycles. The Labute approximate surface area is 148 Å². The molecule has 6 nitrogen and oxygen atoms in total. The van der Waals surface area contributed by atoms with E-state index >= 15 is 0 Å². The molecule has 6 atom stereocenters. The van der Waals surface area contributed by atoms with Crippen molar-refractivity contribution in [2.75, 3.05) is 19.8 Å². The number of rotatable bonds is 6. The SMILES string of the molecule is C[C@@]12CCC(C(=O)OCCCOC(=O)C3CCC4O[C@H]4C3)CC1CO2. The summed E-state index contributed by atoms with van der Waals surface area (Å²) in [6.45, 7) is 3.54. The summed E-state index contributed by atoms with van der Waals surface area (Å²) in [5.41, 5.74) is -0.00434. The van der Waals surface area contributed by atoms with Gasteiger partial charge in [0.2, 0.25) is 0 Å². The molecule has 140 valence electrons. The third kappa shape index (κ3) is 3.70. The maximum Gasteiger partial charge on any atom is 0.309 e. The number of ether oxygens (including phenoxy) is 4. The highest BCUT2D eigenvalue weighted by Gasteiger charge is 2.49. The third-order valence-corrected chi connectivity index (χ3v) is 6.48. The summed E-state index contributed by atoms with van der Waals surface area (Å²) < 4.78 is 21.8. The van der Waals surface area contributed by atoms with E-state index in [2.05, 4.69) is 6.92 Å². The summed E-state index contributed by atoms with van der Waals surface area (Å²) in [5, 5.41) is 0. The number of fused-ring (bicyclic) bond motifs is 2. The molecule has 0 aromatic heterocycles. The average Bonchev–Trinajstić information content (AvgIpc) is 3.37. The lowest BCUT2D eigenvalue weighted by Gasteiger charge is -2.51. The van der Waals surface area contributed by atoms with Gasteiger partial charge in [-0.15, -0.1) is 0 Å². The number of hydrogen-bond donors (Lipinski definition) is 0. The van der Waals surface area contributed by atoms with Crippen LogP contribution in [0.25, 0.3) is 0 Å². The van der Waals surface area contributed by atoms with Gasteiger partial charge in [-0.25, -0.2) is 0 Å². The first kappa shape index (κ1) is 17.3. The second-order valence-corrected chi connectivity index (χ2v) is 8.20. The highest BCUT2D eigenvalue weighted by Crippen LogP contribution is 2.46. The zero-order chi connectivity index (χ0) is 17.4. The number of epoxide rings is 1. The summed E-state index contributed by atoms with van der Waals surface area (Å²) in [4.78, 5) is 24.2. The van der Waals surface area contributed by atoms with E-state index in [1.54, 1.807) is 0 Å². The van der Waals surface area contributed by atoms with Gasteiger partial charge in [-0.2, -0.15) is 0 Å². The van der Waals surface area contributed by atoms with Crippen LogP contribution in [0.2, 0.25) is 0 Å². The van der Waals surface area contributed by atoms with Crippen molar-refractivity contribution in [2.24, 2.45) is 17.8 Å². The summed E-state index contributed by atoms with van der Waals surface area (Å²) in [5.74, 6) is 0.234. The van der Waals surface area contributed by atoms with E-state index in [4.69, 9.17) is 18.9 Å². The third-order valence-electron chi connectivity index (χ3n) is 6.48. The quantitative estimate of drug-likeness (QED) is 0.415. The number of esters is 2. The Morgan fingerprint density at radius 3 is 2.32 bits per heavy atom. The number of hydrogen-bond acceptors (Lipinski definition) is 6. The van der Waals surface area contributed by atoms with Gasteiger partial charge in [-0.05, 0) is 45.4 Å². The Morgan fingerprint density at radius 1 is 1.00 bits per heavy atom. The molecular formula is C19H28O6. The first-order valence-electron chi connectivity index (χ1n) is 9.68. The van der Waals surface area contributed by atoms with Gasteiger partial charge in [0.1, 0.15) is 0 Å². The molecule has 2 aliphatic carbocycles. The van der Waals surface area contributed by atoms with E-state index < -0.39 is 0 Å². The van der Waals surface area contributed by atoms with Gasteiger partial charge >= 0.3 is 11.9 Å². The predicted octanol–water partition coefficient (Wildman–Crippen LogP) is 2.24. The number of carbonyl (C=O) groups is 2. The van der Waals surface area contributed by atoms with E-state index in [0.717, 1.165) is 45.1 Å². The molecule has 0 bridgehead atoms. The molecule has 2 saturated heterocycles. The first-order valence-corrected chi connectivity index (χ1v) is 9.68. The maximum absolute atomic E-state index is 12.2. The molecule has 0 aromatic rings. The summed E-state index contributed by atoms with van der Waals surface area (Å²) in [6, 6.07) is 0. The van der Waals surface area contributed by atoms with E-state index in [9.17, 15) is 9.59 Å².